The molecule has 0 atom stereocenters. The van der Waals surface area contributed by atoms with Crippen LogP contribution in [-0.4, -0.2) is 53.6 Å². The van der Waals surface area contributed by atoms with Crippen LogP contribution in [0, 0.1) is 3.57 Å². The molecule has 1 heterocycles. The molecular weight excluding hydrogens is 367 g/mol. The molecule has 5 heteroatoms. The van der Waals surface area contributed by atoms with Crippen LogP contribution in [0.15, 0.2) is 24.3 Å². The normalized spacial score (nSPS) is 17.6. The Kier molecular flexibility index (Phi) is 5.80. The summed E-state index contributed by atoms with van der Waals surface area (Å²) in [6.07, 6.45) is 2.10. The molecule has 110 valence electrons. The summed E-state index contributed by atoms with van der Waals surface area (Å²) in [5.41, 5.74) is 1.35. The van der Waals surface area contributed by atoms with Crippen LogP contribution in [-0.2, 0) is 11.3 Å². The Balaban J connectivity index is 1.79. The molecule has 0 unspecified atom stereocenters. The summed E-state index contributed by atoms with van der Waals surface area (Å²) in [7, 11) is 1.91. The van der Waals surface area contributed by atoms with Gasteiger partial charge in [0.1, 0.15) is 0 Å². The van der Waals surface area contributed by atoms with Crippen LogP contribution >= 0.6 is 22.6 Å². The van der Waals surface area contributed by atoms with E-state index in [0.29, 0.717) is 6.04 Å². The molecule has 1 saturated heterocycles. The number of likely N-dealkylation sites (N-methyl/N-ethyl adjacent to an activating group) is 1. The van der Waals surface area contributed by atoms with Crippen molar-refractivity contribution in [1.29, 1.82) is 0 Å². The van der Waals surface area contributed by atoms with Gasteiger partial charge in [-0.3, -0.25) is 14.6 Å². The molecular formula is C15H21IN2O2. The summed E-state index contributed by atoms with van der Waals surface area (Å²) in [4.78, 5) is 15.1. The lowest BCUT2D eigenvalue weighted by Gasteiger charge is -2.36. The molecule has 0 amide bonds. The van der Waals surface area contributed by atoms with E-state index in [1.165, 1.54) is 9.13 Å². The smallest absolute Gasteiger partial charge is 0.317 e. The van der Waals surface area contributed by atoms with E-state index < -0.39 is 5.97 Å². The number of rotatable bonds is 5. The molecule has 4 nitrogen and oxygen atoms in total. The Morgan fingerprint density at radius 3 is 2.50 bits per heavy atom. The first-order valence-electron chi connectivity index (χ1n) is 6.93. The molecule has 1 aliphatic rings. The van der Waals surface area contributed by atoms with E-state index in [9.17, 15) is 4.79 Å². The first-order chi connectivity index (χ1) is 9.54. The van der Waals surface area contributed by atoms with Crippen molar-refractivity contribution in [2.45, 2.75) is 25.4 Å². The van der Waals surface area contributed by atoms with Crippen LogP contribution in [0.5, 0.6) is 0 Å². The molecule has 1 N–H and O–H groups in total. The third-order valence-corrected chi connectivity index (χ3v) is 4.60. The summed E-state index contributed by atoms with van der Waals surface area (Å²) >= 11 is 2.32. The van der Waals surface area contributed by atoms with Crippen molar-refractivity contribution in [1.82, 2.24) is 9.80 Å². The van der Waals surface area contributed by atoms with Crippen molar-refractivity contribution in [3.8, 4) is 0 Å². The second-order valence-corrected chi connectivity index (χ2v) is 6.69. The lowest BCUT2D eigenvalue weighted by Crippen LogP contribution is -2.44. The van der Waals surface area contributed by atoms with Gasteiger partial charge >= 0.3 is 5.97 Å². The molecule has 1 aromatic rings. The lowest BCUT2D eigenvalue weighted by atomic mass is 10.0. The molecule has 1 fully saturated rings. The molecule has 0 radical (unpaired) electrons. The summed E-state index contributed by atoms with van der Waals surface area (Å²) < 4.78 is 1.26. The van der Waals surface area contributed by atoms with Gasteiger partial charge in [0.25, 0.3) is 0 Å². The number of nitrogens with zero attached hydrogens (tertiary/aromatic N) is 2. The van der Waals surface area contributed by atoms with Gasteiger partial charge in [-0.25, -0.2) is 0 Å². The van der Waals surface area contributed by atoms with Crippen LogP contribution < -0.4 is 0 Å². The number of hydrogen-bond acceptors (Lipinski definition) is 3. The number of likely N-dealkylation sites (tertiary alicyclic amines) is 1. The van der Waals surface area contributed by atoms with E-state index in [1.54, 1.807) is 0 Å². The molecule has 2 rings (SSSR count). The number of benzene rings is 1. The van der Waals surface area contributed by atoms with Crippen LogP contribution in [0.2, 0.25) is 0 Å². The average Bonchev–Trinajstić information content (AvgIpc) is 2.41. The SMILES string of the molecule is CN(CC(=O)O)C1CCN(Cc2ccc(I)cc2)CC1. The Morgan fingerprint density at radius 1 is 1.35 bits per heavy atom. The highest BCUT2D eigenvalue weighted by Gasteiger charge is 2.23. The van der Waals surface area contributed by atoms with Gasteiger partial charge < -0.3 is 5.11 Å². The summed E-state index contributed by atoms with van der Waals surface area (Å²) in [5.74, 6) is -0.742. The fourth-order valence-electron chi connectivity index (χ4n) is 2.71. The monoisotopic (exact) mass is 388 g/mol. The Hall–Kier alpha value is -0.660. The minimum absolute atomic E-state index is 0.141. The fraction of sp³-hybridized carbons (Fsp3) is 0.533. The predicted octanol–water partition coefficient (Wildman–Crippen LogP) is 2.27. The minimum Gasteiger partial charge on any atom is -0.480 e. The number of carbonyl (C=O) groups is 1. The van der Waals surface area contributed by atoms with Crippen LogP contribution in [0.1, 0.15) is 18.4 Å². The van der Waals surface area contributed by atoms with Crippen molar-refractivity contribution in [3.63, 3.8) is 0 Å². The van der Waals surface area contributed by atoms with E-state index in [4.69, 9.17) is 5.11 Å². The van der Waals surface area contributed by atoms with E-state index >= 15 is 0 Å². The summed E-state index contributed by atoms with van der Waals surface area (Å²) in [5, 5.41) is 8.83. The highest BCUT2D eigenvalue weighted by Crippen LogP contribution is 2.18. The maximum absolute atomic E-state index is 10.7. The number of piperidine rings is 1. The van der Waals surface area contributed by atoms with E-state index in [0.717, 1.165) is 32.5 Å². The highest BCUT2D eigenvalue weighted by atomic mass is 127. The number of carboxylic acids is 1. The first-order valence-corrected chi connectivity index (χ1v) is 8.01. The first kappa shape index (κ1) is 15.7. The topological polar surface area (TPSA) is 43.8 Å². The standard InChI is InChI=1S/C15H21IN2O2/c1-17(11-15(19)20)14-6-8-18(9-7-14)10-12-2-4-13(16)5-3-12/h2-5,14H,6-11H2,1H3,(H,19,20). The third-order valence-electron chi connectivity index (χ3n) is 3.88. The second-order valence-electron chi connectivity index (χ2n) is 5.44. The van der Waals surface area contributed by atoms with E-state index in [1.807, 2.05) is 11.9 Å². The predicted molar refractivity (Wildman–Crippen MR) is 87.7 cm³/mol. The Morgan fingerprint density at radius 2 is 1.95 bits per heavy atom. The molecule has 0 aliphatic carbocycles. The largest absolute Gasteiger partial charge is 0.480 e. The van der Waals surface area contributed by atoms with Gasteiger partial charge in [-0.15, -0.1) is 0 Å². The van der Waals surface area contributed by atoms with Crippen molar-refractivity contribution in [3.05, 3.63) is 33.4 Å². The highest BCUT2D eigenvalue weighted by molar-refractivity contribution is 14.1. The zero-order chi connectivity index (χ0) is 14.5. The number of halogens is 1. The molecule has 0 saturated carbocycles. The Labute approximate surface area is 133 Å². The van der Waals surface area contributed by atoms with E-state index in [2.05, 4.69) is 51.8 Å². The molecule has 0 spiro atoms. The van der Waals surface area contributed by atoms with Gasteiger partial charge in [-0.2, -0.15) is 0 Å². The number of aliphatic carboxylic acids is 1. The fourth-order valence-corrected chi connectivity index (χ4v) is 3.07. The summed E-state index contributed by atoms with van der Waals surface area (Å²) in [6.45, 7) is 3.22. The van der Waals surface area contributed by atoms with E-state index in [-0.39, 0.29) is 6.54 Å². The molecule has 1 aromatic carbocycles. The van der Waals surface area contributed by atoms with Gasteiger partial charge in [0.2, 0.25) is 0 Å². The van der Waals surface area contributed by atoms with Crippen molar-refractivity contribution in [2.24, 2.45) is 0 Å². The van der Waals surface area contributed by atoms with Crippen molar-refractivity contribution in [2.75, 3.05) is 26.7 Å². The van der Waals surface area contributed by atoms with Gasteiger partial charge in [-0.05, 0) is 73.3 Å². The van der Waals surface area contributed by atoms with Crippen LogP contribution in [0.25, 0.3) is 0 Å². The molecule has 0 bridgehead atoms. The van der Waals surface area contributed by atoms with Crippen LogP contribution in [0.4, 0.5) is 0 Å². The van der Waals surface area contributed by atoms with Crippen molar-refractivity contribution < 1.29 is 9.90 Å². The zero-order valence-corrected chi connectivity index (χ0v) is 13.9. The number of carboxylic acid groups (broad SMARTS) is 1. The lowest BCUT2D eigenvalue weighted by molar-refractivity contribution is -0.138. The molecule has 20 heavy (non-hydrogen) atoms. The Bertz CT molecular complexity index is 442. The number of hydrogen-bond donors (Lipinski definition) is 1. The zero-order valence-electron chi connectivity index (χ0n) is 11.8. The average molecular weight is 388 g/mol. The van der Waals surface area contributed by atoms with Gasteiger partial charge in [0.05, 0.1) is 6.54 Å². The third kappa shape index (κ3) is 4.71. The molecule has 1 aliphatic heterocycles. The van der Waals surface area contributed by atoms with Crippen molar-refractivity contribution >= 4 is 28.6 Å². The maximum atomic E-state index is 10.7. The van der Waals surface area contributed by atoms with Gasteiger partial charge in [0.15, 0.2) is 0 Å². The van der Waals surface area contributed by atoms with Gasteiger partial charge in [-0.1, -0.05) is 12.1 Å². The van der Waals surface area contributed by atoms with Crippen LogP contribution in [0.3, 0.4) is 0 Å². The quantitative estimate of drug-likeness (QED) is 0.787. The maximum Gasteiger partial charge on any atom is 0.317 e. The second kappa shape index (κ2) is 7.38. The van der Waals surface area contributed by atoms with Gasteiger partial charge in [0, 0.05) is 16.2 Å². The minimum atomic E-state index is -0.742. The molecule has 0 aromatic heterocycles. The summed E-state index contributed by atoms with van der Waals surface area (Å²) in [6, 6.07) is 9.06.